The molecule has 0 aliphatic heterocycles. The second-order valence-electron chi connectivity index (χ2n) is 8.91. The highest BCUT2D eigenvalue weighted by atomic mass is 32.1. The molecule has 0 bridgehead atoms. The number of benzene rings is 1. The van der Waals surface area contributed by atoms with Gasteiger partial charge in [0.15, 0.2) is 13.0 Å². The molecule has 0 aliphatic carbocycles. The van der Waals surface area contributed by atoms with E-state index in [1.54, 1.807) is 6.07 Å². The molecule has 3 heterocycles. The molecule has 1 aromatic carbocycles. The lowest BCUT2D eigenvalue weighted by Gasteiger charge is -2.09. The standard InChI is InChI=1S/C25H24BF4N8O3S/c1-26-20-7-3-5-17(32-20)12-31-23(40)19-14-38(37-34-19)13-16(27)8-9-22-35-36-24(42-22)33-21(39)11-15-4-2-6-18(10-15)41-25(28,29)30/h2-7,10,14,16H,8-9,11-13H2,1H3,(H,31,40)(H,33,36,39). The summed E-state index contributed by atoms with van der Waals surface area (Å²) in [5.41, 5.74) is 1.83. The monoisotopic (exact) mass is 603 g/mol. The van der Waals surface area contributed by atoms with E-state index in [0.29, 0.717) is 16.3 Å². The van der Waals surface area contributed by atoms with Gasteiger partial charge in [-0.25, -0.2) is 9.07 Å². The zero-order valence-corrected chi connectivity index (χ0v) is 23.0. The van der Waals surface area contributed by atoms with Gasteiger partial charge in [-0.1, -0.05) is 47.6 Å². The van der Waals surface area contributed by atoms with Crippen molar-refractivity contribution >= 4 is 41.2 Å². The van der Waals surface area contributed by atoms with Crippen molar-refractivity contribution in [3.05, 3.63) is 70.6 Å². The number of ether oxygens (including phenoxy) is 1. The first-order valence-corrected chi connectivity index (χ1v) is 13.4. The first kappa shape index (κ1) is 30.6. The van der Waals surface area contributed by atoms with Crippen molar-refractivity contribution in [1.82, 2.24) is 35.5 Å². The first-order chi connectivity index (χ1) is 20.1. The highest BCUT2D eigenvalue weighted by molar-refractivity contribution is 7.15. The van der Waals surface area contributed by atoms with Crippen molar-refractivity contribution in [2.45, 2.75) is 51.7 Å². The Morgan fingerprint density at radius 3 is 2.74 bits per heavy atom. The third-order valence-corrected chi connectivity index (χ3v) is 6.49. The van der Waals surface area contributed by atoms with Gasteiger partial charge in [0.2, 0.25) is 11.0 Å². The number of aromatic nitrogens is 6. The van der Waals surface area contributed by atoms with Gasteiger partial charge in [-0.15, -0.1) is 28.5 Å². The maximum atomic E-state index is 14.6. The quantitative estimate of drug-likeness (QED) is 0.176. The number of anilines is 1. The molecule has 219 valence electrons. The summed E-state index contributed by atoms with van der Waals surface area (Å²) in [4.78, 5) is 29.0. The molecule has 2 amide bonds. The van der Waals surface area contributed by atoms with E-state index in [1.165, 1.54) is 23.0 Å². The number of carbonyl (C=O) groups is 2. The molecule has 42 heavy (non-hydrogen) atoms. The summed E-state index contributed by atoms with van der Waals surface area (Å²) in [7, 11) is 1.85. The van der Waals surface area contributed by atoms with Gasteiger partial charge in [-0.05, 0) is 35.8 Å². The Balaban J connectivity index is 1.20. The van der Waals surface area contributed by atoms with Crippen LogP contribution in [0.1, 0.15) is 33.2 Å². The summed E-state index contributed by atoms with van der Waals surface area (Å²) >= 11 is 1.06. The minimum atomic E-state index is -4.84. The minimum Gasteiger partial charge on any atom is -0.406 e. The molecule has 0 spiro atoms. The van der Waals surface area contributed by atoms with Gasteiger partial charge in [0.1, 0.15) is 16.9 Å². The molecule has 1 atom stereocenters. The molecule has 0 aliphatic rings. The second kappa shape index (κ2) is 14.0. The topological polar surface area (TPSA) is 137 Å². The predicted octanol–water partition coefficient (Wildman–Crippen LogP) is 2.88. The van der Waals surface area contributed by atoms with Crippen LogP contribution in [0.15, 0.2) is 48.7 Å². The van der Waals surface area contributed by atoms with Crippen LogP contribution in [0, 0.1) is 0 Å². The largest absolute Gasteiger partial charge is 0.573 e. The Morgan fingerprint density at radius 1 is 1.14 bits per heavy atom. The lowest BCUT2D eigenvalue weighted by atomic mass is 9.77. The molecule has 4 aromatic rings. The van der Waals surface area contributed by atoms with Gasteiger partial charge < -0.3 is 15.4 Å². The number of aryl methyl sites for hydroxylation is 1. The van der Waals surface area contributed by atoms with E-state index < -0.39 is 30.1 Å². The number of hydrogen-bond acceptors (Lipinski definition) is 9. The average molecular weight is 603 g/mol. The van der Waals surface area contributed by atoms with Crippen LogP contribution in [0.3, 0.4) is 0 Å². The van der Waals surface area contributed by atoms with E-state index in [-0.39, 0.29) is 43.2 Å². The third-order valence-electron chi connectivity index (χ3n) is 5.59. The molecule has 1 unspecified atom stereocenters. The Hall–Kier alpha value is -4.41. The van der Waals surface area contributed by atoms with Gasteiger partial charge in [0, 0.05) is 6.42 Å². The molecule has 4 rings (SSSR count). The van der Waals surface area contributed by atoms with Crippen molar-refractivity contribution in [2.24, 2.45) is 0 Å². The Kier molecular flexibility index (Phi) is 10.2. The molecule has 11 nitrogen and oxygen atoms in total. The van der Waals surface area contributed by atoms with E-state index in [0.717, 1.165) is 29.1 Å². The van der Waals surface area contributed by atoms with Gasteiger partial charge in [-0.2, -0.15) is 0 Å². The molecule has 2 N–H and O–H groups in total. The van der Waals surface area contributed by atoms with Crippen LogP contribution in [0.5, 0.6) is 5.75 Å². The molecule has 0 saturated heterocycles. The summed E-state index contributed by atoms with van der Waals surface area (Å²) in [6.07, 6.45) is -4.71. The highest BCUT2D eigenvalue weighted by Crippen LogP contribution is 2.24. The van der Waals surface area contributed by atoms with Crippen molar-refractivity contribution in [3.8, 4) is 5.75 Å². The van der Waals surface area contributed by atoms with Gasteiger partial charge in [0.05, 0.1) is 31.4 Å². The number of hydrogen-bond donors (Lipinski definition) is 2. The summed E-state index contributed by atoms with van der Waals surface area (Å²) in [6, 6.07) is 10.6. The number of carbonyl (C=O) groups excluding carboxylic acids is 2. The summed E-state index contributed by atoms with van der Waals surface area (Å²) in [6.45, 7) is 1.94. The van der Waals surface area contributed by atoms with Gasteiger partial charge in [0.25, 0.3) is 5.91 Å². The average Bonchev–Trinajstić information content (AvgIpc) is 3.59. The van der Waals surface area contributed by atoms with Crippen molar-refractivity contribution in [3.63, 3.8) is 0 Å². The molecular formula is C25H24BF4N8O3S. The van der Waals surface area contributed by atoms with Crippen LogP contribution in [0.4, 0.5) is 22.7 Å². The normalized spacial score (nSPS) is 12.0. The van der Waals surface area contributed by atoms with Crippen molar-refractivity contribution < 1.29 is 31.9 Å². The van der Waals surface area contributed by atoms with E-state index >= 15 is 0 Å². The molecule has 0 saturated carbocycles. The van der Waals surface area contributed by atoms with Crippen LogP contribution in [0.2, 0.25) is 6.82 Å². The SMILES string of the molecule is C[B]c1cccc(CNC(=O)c2cn(CC(F)CCc3nnc(NC(=O)Cc4cccc(OC(F)(F)F)c4)s3)nn2)n1. The van der Waals surface area contributed by atoms with Gasteiger partial charge in [-0.3, -0.25) is 14.6 Å². The van der Waals surface area contributed by atoms with E-state index in [9.17, 15) is 27.2 Å². The van der Waals surface area contributed by atoms with Crippen LogP contribution >= 0.6 is 11.3 Å². The number of nitrogens with zero attached hydrogens (tertiary/aromatic N) is 6. The molecular weight excluding hydrogens is 579 g/mol. The Morgan fingerprint density at radius 2 is 1.95 bits per heavy atom. The van der Waals surface area contributed by atoms with Crippen molar-refractivity contribution in [1.29, 1.82) is 0 Å². The van der Waals surface area contributed by atoms with E-state index in [2.05, 4.69) is 40.9 Å². The number of halogens is 4. The fourth-order valence-corrected chi connectivity index (χ4v) is 4.46. The fourth-order valence-electron chi connectivity index (χ4n) is 3.69. The number of nitrogens with one attached hydrogen (secondary N) is 2. The maximum absolute atomic E-state index is 14.6. The zero-order chi connectivity index (χ0) is 30.1. The van der Waals surface area contributed by atoms with Crippen LogP contribution in [-0.2, 0) is 30.7 Å². The highest BCUT2D eigenvalue weighted by Gasteiger charge is 2.31. The summed E-state index contributed by atoms with van der Waals surface area (Å²) in [5, 5.41) is 21.3. The first-order valence-electron chi connectivity index (χ1n) is 12.6. The number of alkyl halides is 4. The molecule has 3 aromatic heterocycles. The Labute approximate surface area is 242 Å². The summed E-state index contributed by atoms with van der Waals surface area (Å²) in [5.74, 6) is -1.40. The Bertz CT molecular complexity index is 1520. The molecule has 0 fully saturated rings. The van der Waals surface area contributed by atoms with E-state index in [4.69, 9.17) is 0 Å². The lowest BCUT2D eigenvalue weighted by molar-refractivity contribution is -0.274. The fraction of sp³-hybridized carbons (Fsp3) is 0.320. The van der Waals surface area contributed by atoms with Crippen LogP contribution in [-0.4, -0.2) is 61.8 Å². The lowest BCUT2D eigenvalue weighted by Crippen LogP contribution is -2.25. The molecule has 1 radical (unpaired) electrons. The minimum absolute atomic E-state index is 0.0459. The third kappa shape index (κ3) is 9.61. The zero-order valence-electron chi connectivity index (χ0n) is 22.1. The number of rotatable bonds is 13. The smallest absolute Gasteiger partial charge is 0.406 e. The van der Waals surface area contributed by atoms with Crippen molar-refractivity contribution in [2.75, 3.05) is 5.32 Å². The number of amides is 2. The second-order valence-corrected chi connectivity index (χ2v) is 9.97. The van der Waals surface area contributed by atoms with E-state index in [1.807, 2.05) is 26.2 Å². The molecule has 17 heteroatoms. The maximum Gasteiger partial charge on any atom is 0.573 e. The predicted molar refractivity (Wildman–Crippen MR) is 145 cm³/mol. The van der Waals surface area contributed by atoms with Crippen LogP contribution < -0.4 is 21.0 Å². The van der Waals surface area contributed by atoms with Gasteiger partial charge >= 0.3 is 6.36 Å². The number of pyridine rings is 1. The summed E-state index contributed by atoms with van der Waals surface area (Å²) < 4.78 is 57.0. The van der Waals surface area contributed by atoms with Crippen LogP contribution in [0.25, 0.3) is 0 Å².